The van der Waals surface area contributed by atoms with Crippen LogP contribution in [-0.2, 0) is 7.05 Å². The van der Waals surface area contributed by atoms with E-state index >= 15 is 0 Å². The summed E-state index contributed by atoms with van der Waals surface area (Å²) in [7, 11) is 1.86. The molecule has 0 fully saturated rings. The van der Waals surface area contributed by atoms with Crippen LogP contribution in [0.3, 0.4) is 0 Å². The molecule has 1 heterocycles. The van der Waals surface area contributed by atoms with Gasteiger partial charge in [-0.25, -0.2) is 0 Å². The van der Waals surface area contributed by atoms with Gasteiger partial charge in [-0.2, -0.15) is 5.10 Å². The van der Waals surface area contributed by atoms with E-state index in [1.165, 1.54) is 0 Å². The highest BCUT2D eigenvalue weighted by Gasteiger charge is 2.14. The molecule has 0 saturated carbocycles. The summed E-state index contributed by atoms with van der Waals surface area (Å²) in [6, 6.07) is 5.69. The quantitative estimate of drug-likeness (QED) is 0.857. The van der Waals surface area contributed by atoms with Gasteiger partial charge in [-0.1, -0.05) is 59.2 Å². The number of nitrogens with two attached hydrogens (primary N) is 1. The Morgan fingerprint density at radius 1 is 1.00 bits per heavy atom. The van der Waals surface area contributed by atoms with Crippen molar-refractivity contribution in [3.05, 3.63) is 41.2 Å². The number of rotatable bonds is 2. The molecular weight excluding hydrogens is 286 g/mol. The molecule has 0 bridgehead atoms. The molecule has 4 nitrogen and oxygen atoms in total. The third kappa shape index (κ3) is 6.68. The Kier molecular flexibility index (Phi) is 12.5. The average Bonchev–Trinajstić information content (AvgIpc) is 2.91. The third-order valence-electron chi connectivity index (χ3n) is 2.74. The number of amides is 1. The molecule has 0 radical (unpaired) electrons. The highest BCUT2D eigenvalue weighted by molar-refractivity contribution is 6.00. The fourth-order valence-electron chi connectivity index (χ4n) is 1.96. The van der Waals surface area contributed by atoms with Crippen molar-refractivity contribution < 1.29 is 4.79 Å². The number of benzene rings is 1. The summed E-state index contributed by atoms with van der Waals surface area (Å²) in [6.45, 7) is 15.9. The van der Waals surface area contributed by atoms with Crippen LogP contribution in [0.15, 0.2) is 24.4 Å². The molecule has 130 valence electrons. The molecule has 2 N–H and O–H groups in total. The predicted octanol–water partition coefficient (Wildman–Crippen LogP) is 4.88. The van der Waals surface area contributed by atoms with Gasteiger partial charge in [-0.05, 0) is 25.5 Å². The van der Waals surface area contributed by atoms with Crippen LogP contribution in [0.25, 0.3) is 11.1 Å². The van der Waals surface area contributed by atoms with Gasteiger partial charge in [0.05, 0.1) is 5.69 Å². The van der Waals surface area contributed by atoms with E-state index in [0.29, 0.717) is 5.56 Å². The summed E-state index contributed by atoms with van der Waals surface area (Å²) in [5, 5.41) is 4.27. The van der Waals surface area contributed by atoms with Crippen molar-refractivity contribution in [2.24, 2.45) is 12.8 Å². The first-order valence-corrected chi connectivity index (χ1v) is 8.40. The average molecular weight is 319 g/mol. The highest BCUT2D eigenvalue weighted by Crippen LogP contribution is 2.26. The van der Waals surface area contributed by atoms with Crippen LogP contribution >= 0.6 is 0 Å². The standard InChI is InChI=1S/C13H15N3O.3C2H6/c1-8-4-5-10(11(6-8)13(14)17)12-7-16(3)15-9(12)2;3*1-2/h4-7H,1-3H3,(H2,14,17);3*1-2H3. The van der Waals surface area contributed by atoms with Gasteiger partial charge >= 0.3 is 0 Å². The van der Waals surface area contributed by atoms with E-state index in [0.717, 1.165) is 22.4 Å². The molecule has 1 aromatic carbocycles. The molecule has 4 heteroatoms. The molecule has 0 aliphatic rings. The Balaban J connectivity index is 0. The minimum Gasteiger partial charge on any atom is -0.366 e. The fraction of sp³-hybridized carbons (Fsp3) is 0.474. The number of nitrogens with zero attached hydrogens (tertiary/aromatic N) is 2. The van der Waals surface area contributed by atoms with E-state index in [9.17, 15) is 4.79 Å². The topological polar surface area (TPSA) is 60.9 Å². The minimum absolute atomic E-state index is 0.410. The van der Waals surface area contributed by atoms with Crippen LogP contribution in [0.1, 0.15) is 63.2 Å². The Hall–Kier alpha value is -2.10. The van der Waals surface area contributed by atoms with Gasteiger partial charge in [0.15, 0.2) is 0 Å². The molecule has 0 spiro atoms. The monoisotopic (exact) mass is 319 g/mol. The van der Waals surface area contributed by atoms with Crippen LogP contribution in [0, 0.1) is 13.8 Å². The number of carbonyl (C=O) groups is 1. The van der Waals surface area contributed by atoms with Gasteiger partial charge in [0.25, 0.3) is 0 Å². The molecule has 0 saturated heterocycles. The molecule has 2 rings (SSSR count). The largest absolute Gasteiger partial charge is 0.366 e. The predicted molar refractivity (Wildman–Crippen MR) is 101 cm³/mol. The number of aromatic nitrogens is 2. The Morgan fingerprint density at radius 3 is 1.91 bits per heavy atom. The van der Waals surface area contributed by atoms with Crippen LogP contribution in [-0.4, -0.2) is 15.7 Å². The maximum Gasteiger partial charge on any atom is 0.249 e. The Morgan fingerprint density at radius 2 is 1.52 bits per heavy atom. The molecule has 0 unspecified atom stereocenters. The van der Waals surface area contributed by atoms with Crippen molar-refractivity contribution in [1.29, 1.82) is 0 Å². The zero-order chi connectivity index (χ0) is 18.6. The van der Waals surface area contributed by atoms with E-state index in [4.69, 9.17) is 5.73 Å². The molecule has 2 aromatic rings. The zero-order valence-corrected chi connectivity index (χ0v) is 16.2. The smallest absolute Gasteiger partial charge is 0.249 e. The second kappa shape index (κ2) is 12.4. The SMILES string of the molecule is CC.CC.CC.Cc1ccc(-c2cn(C)nc2C)c(C(N)=O)c1. The molecule has 0 aliphatic carbocycles. The van der Waals surface area contributed by atoms with Crippen LogP contribution in [0.5, 0.6) is 0 Å². The lowest BCUT2D eigenvalue weighted by Crippen LogP contribution is -2.12. The van der Waals surface area contributed by atoms with E-state index in [-0.39, 0.29) is 0 Å². The Bertz CT molecular complexity index is 586. The number of carbonyl (C=O) groups excluding carboxylic acids is 1. The molecule has 23 heavy (non-hydrogen) atoms. The van der Waals surface area contributed by atoms with Gasteiger partial charge in [0.1, 0.15) is 0 Å². The minimum atomic E-state index is -0.410. The first kappa shape index (κ1) is 23.2. The Labute approximate surface area is 141 Å². The normalized spacial score (nSPS) is 8.57. The van der Waals surface area contributed by atoms with Crippen molar-refractivity contribution in [2.45, 2.75) is 55.4 Å². The second-order valence-electron chi connectivity index (χ2n) is 4.22. The summed E-state index contributed by atoms with van der Waals surface area (Å²) in [5.74, 6) is -0.410. The van der Waals surface area contributed by atoms with Gasteiger partial charge in [-0.15, -0.1) is 0 Å². The first-order chi connectivity index (χ1) is 11.0. The van der Waals surface area contributed by atoms with E-state index in [1.807, 2.05) is 86.8 Å². The second-order valence-corrected chi connectivity index (χ2v) is 4.22. The van der Waals surface area contributed by atoms with Crippen molar-refractivity contribution in [3.8, 4) is 11.1 Å². The van der Waals surface area contributed by atoms with Crippen molar-refractivity contribution in [2.75, 3.05) is 0 Å². The molecule has 1 amide bonds. The molecule has 1 aromatic heterocycles. The highest BCUT2D eigenvalue weighted by atomic mass is 16.1. The molecule has 0 atom stereocenters. The van der Waals surface area contributed by atoms with Crippen LogP contribution < -0.4 is 5.73 Å². The maximum atomic E-state index is 11.5. The van der Waals surface area contributed by atoms with Gasteiger partial charge < -0.3 is 5.73 Å². The molecule has 0 aliphatic heterocycles. The fourth-order valence-corrected chi connectivity index (χ4v) is 1.96. The summed E-state index contributed by atoms with van der Waals surface area (Å²) < 4.78 is 1.73. The number of hydrogen-bond acceptors (Lipinski definition) is 2. The van der Waals surface area contributed by atoms with Crippen molar-refractivity contribution in [3.63, 3.8) is 0 Å². The summed E-state index contributed by atoms with van der Waals surface area (Å²) in [6.07, 6.45) is 1.90. The number of aryl methyl sites for hydroxylation is 3. The van der Waals surface area contributed by atoms with Crippen molar-refractivity contribution >= 4 is 5.91 Å². The van der Waals surface area contributed by atoms with E-state index < -0.39 is 5.91 Å². The lowest BCUT2D eigenvalue weighted by molar-refractivity contribution is 0.100. The van der Waals surface area contributed by atoms with Gasteiger partial charge in [-0.3, -0.25) is 9.48 Å². The van der Waals surface area contributed by atoms with E-state index in [1.54, 1.807) is 4.68 Å². The van der Waals surface area contributed by atoms with Crippen LogP contribution in [0.4, 0.5) is 0 Å². The number of primary amides is 1. The summed E-state index contributed by atoms with van der Waals surface area (Å²) in [5.41, 5.74) is 9.65. The lowest BCUT2D eigenvalue weighted by Gasteiger charge is -2.06. The van der Waals surface area contributed by atoms with Gasteiger partial charge in [0.2, 0.25) is 5.91 Å². The van der Waals surface area contributed by atoms with Gasteiger partial charge in [0, 0.05) is 24.4 Å². The van der Waals surface area contributed by atoms with Crippen LogP contribution in [0.2, 0.25) is 0 Å². The zero-order valence-electron chi connectivity index (χ0n) is 16.2. The molecular formula is C19H33N3O. The van der Waals surface area contributed by atoms with Crippen molar-refractivity contribution in [1.82, 2.24) is 9.78 Å². The maximum absolute atomic E-state index is 11.5. The number of hydrogen-bond donors (Lipinski definition) is 1. The summed E-state index contributed by atoms with van der Waals surface area (Å²) in [4.78, 5) is 11.5. The van der Waals surface area contributed by atoms with E-state index in [2.05, 4.69) is 5.10 Å². The lowest BCUT2D eigenvalue weighted by atomic mass is 9.98. The first-order valence-electron chi connectivity index (χ1n) is 8.40. The summed E-state index contributed by atoms with van der Waals surface area (Å²) >= 11 is 0. The third-order valence-corrected chi connectivity index (χ3v) is 2.74.